The number of morpholine rings is 1. The predicted molar refractivity (Wildman–Crippen MR) is 96.4 cm³/mol. The Morgan fingerprint density at radius 2 is 2.08 bits per heavy atom. The van der Waals surface area contributed by atoms with Gasteiger partial charge in [-0.1, -0.05) is 12.1 Å². The van der Waals surface area contributed by atoms with Crippen LogP contribution in [0.25, 0.3) is 11.0 Å². The molecular formula is C17H21N5OS. The first-order valence-electron chi connectivity index (χ1n) is 8.17. The molecule has 0 radical (unpaired) electrons. The molecule has 7 heteroatoms. The van der Waals surface area contributed by atoms with Gasteiger partial charge in [0.2, 0.25) is 5.95 Å². The van der Waals surface area contributed by atoms with E-state index in [4.69, 9.17) is 9.72 Å². The molecule has 1 fully saturated rings. The van der Waals surface area contributed by atoms with Crippen LogP contribution in [0.5, 0.6) is 0 Å². The van der Waals surface area contributed by atoms with Crippen molar-refractivity contribution in [3.8, 4) is 0 Å². The molecule has 126 valence electrons. The first-order chi connectivity index (χ1) is 11.8. The highest BCUT2D eigenvalue weighted by Crippen LogP contribution is 2.19. The molecule has 0 bridgehead atoms. The van der Waals surface area contributed by atoms with Crippen molar-refractivity contribution in [2.45, 2.75) is 13.1 Å². The molecule has 24 heavy (non-hydrogen) atoms. The van der Waals surface area contributed by atoms with Gasteiger partial charge in [0.1, 0.15) is 5.01 Å². The fourth-order valence-corrected chi connectivity index (χ4v) is 3.71. The van der Waals surface area contributed by atoms with E-state index in [1.165, 1.54) is 5.01 Å². The molecule has 3 aromatic rings. The average molecular weight is 343 g/mol. The number of ether oxygens (including phenoxy) is 1. The zero-order valence-corrected chi connectivity index (χ0v) is 14.6. The number of rotatable bonds is 5. The van der Waals surface area contributed by atoms with Crippen LogP contribution in [0.3, 0.4) is 0 Å². The Morgan fingerprint density at radius 3 is 2.92 bits per heavy atom. The SMILES string of the molecule is CN(Cc1csc(CN2CCOCC2)n1)c1nc2ccccc2[nH]1. The zero-order chi connectivity index (χ0) is 16.4. The number of nitrogens with zero attached hydrogens (tertiary/aromatic N) is 4. The molecule has 0 spiro atoms. The van der Waals surface area contributed by atoms with E-state index in [0.29, 0.717) is 0 Å². The molecule has 1 aliphatic heterocycles. The second-order valence-corrected chi connectivity index (χ2v) is 7.00. The summed E-state index contributed by atoms with van der Waals surface area (Å²) in [4.78, 5) is 17.3. The predicted octanol–water partition coefficient (Wildman–Crippen LogP) is 2.49. The largest absolute Gasteiger partial charge is 0.379 e. The molecule has 2 aromatic heterocycles. The maximum atomic E-state index is 5.39. The number of hydrogen-bond acceptors (Lipinski definition) is 6. The standard InChI is InChI=1S/C17H21N5OS/c1-21(17-19-14-4-2-3-5-15(14)20-17)10-13-12-24-16(18-13)11-22-6-8-23-9-7-22/h2-5,12H,6-11H2,1H3,(H,19,20). The van der Waals surface area contributed by atoms with Gasteiger partial charge in [-0.05, 0) is 12.1 Å². The first kappa shape index (κ1) is 15.6. The normalized spacial score (nSPS) is 15.9. The van der Waals surface area contributed by atoms with Crippen LogP contribution in [-0.2, 0) is 17.8 Å². The van der Waals surface area contributed by atoms with Gasteiger partial charge < -0.3 is 14.6 Å². The van der Waals surface area contributed by atoms with E-state index in [2.05, 4.69) is 25.1 Å². The summed E-state index contributed by atoms with van der Waals surface area (Å²) in [6, 6.07) is 8.09. The van der Waals surface area contributed by atoms with Gasteiger partial charge in [0.05, 0.1) is 43.0 Å². The Labute approximate surface area is 145 Å². The number of imidazole rings is 1. The highest BCUT2D eigenvalue weighted by Gasteiger charge is 2.14. The highest BCUT2D eigenvalue weighted by atomic mass is 32.1. The third kappa shape index (κ3) is 3.43. The molecule has 1 aliphatic rings. The summed E-state index contributed by atoms with van der Waals surface area (Å²) in [5, 5.41) is 3.32. The Morgan fingerprint density at radius 1 is 1.25 bits per heavy atom. The average Bonchev–Trinajstić information content (AvgIpc) is 3.22. The van der Waals surface area contributed by atoms with Crippen molar-refractivity contribution in [2.24, 2.45) is 0 Å². The summed E-state index contributed by atoms with van der Waals surface area (Å²) in [6.07, 6.45) is 0. The minimum atomic E-state index is 0.749. The van der Waals surface area contributed by atoms with Crippen LogP contribution in [0.4, 0.5) is 5.95 Å². The van der Waals surface area contributed by atoms with Crippen molar-refractivity contribution < 1.29 is 4.74 Å². The van der Waals surface area contributed by atoms with E-state index in [1.54, 1.807) is 11.3 Å². The maximum Gasteiger partial charge on any atom is 0.203 e. The molecule has 0 unspecified atom stereocenters. The fourth-order valence-electron chi connectivity index (χ4n) is 2.88. The van der Waals surface area contributed by atoms with E-state index in [0.717, 1.165) is 62.1 Å². The summed E-state index contributed by atoms with van der Waals surface area (Å²) in [5.41, 5.74) is 3.14. The van der Waals surface area contributed by atoms with Crippen molar-refractivity contribution in [3.05, 3.63) is 40.3 Å². The van der Waals surface area contributed by atoms with E-state index in [9.17, 15) is 0 Å². The third-order valence-corrected chi connectivity index (χ3v) is 5.08. The van der Waals surface area contributed by atoms with Crippen LogP contribution in [0.2, 0.25) is 0 Å². The molecule has 1 saturated heterocycles. The number of aromatic amines is 1. The Bertz CT molecular complexity index is 775. The number of para-hydroxylation sites is 2. The maximum absolute atomic E-state index is 5.39. The second kappa shape index (κ2) is 6.88. The van der Waals surface area contributed by atoms with Crippen LogP contribution in [-0.4, -0.2) is 53.2 Å². The van der Waals surface area contributed by atoms with Crippen molar-refractivity contribution in [1.82, 2.24) is 19.9 Å². The van der Waals surface area contributed by atoms with Gasteiger partial charge in [-0.25, -0.2) is 9.97 Å². The topological polar surface area (TPSA) is 57.3 Å². The van der Waals surface area contributed by atoms with Crippen LogP contribution in [0.15, 0.2) is 29.6 Å². The van der Waals surface area contributed by atoms with Crippen molar-refractivity contribution in [1.29, 1.82) is 0 Å². The number of benzene rings is 1. The number of hydrogen-bond donors (Lipinski definition) is 1. The minimum absolute atomic E-state index is 0.749. The number of anilines is 1. The number of fused-ring (bicyclic) bond motifs is 1. The van der Waals surface area contributed by atoms with E-state index in [-0.39, 0.29) is 0 Å². The summed E-state index contributed by atoms with van der Waals surface area (Å²) in [7, 11) is 2.04. The molecule has 0 atom stereocenters. The summed E-state index contributed by atoms with van der Waals surface area (Å²) < 4.78 is 5.39. The smallest absolute Gasteiger partial charge is 0.203 e. The van der Waals surface area contributed by atoms with Gasteiger partial charge in [-0.15, -0.1) is 11.3 Å². The molecule has 4 rings (SSSR count). The molecule has 1 N–H and O–H groups in total. The van der Waals surface area contributed by atoms with Gasteiger partial charge in [-0.2, -0.15) is 0 Å². The molecule has 1 aromatic carbocycles. The lowest BCUT2D eigenvalue weighted by Gasteiger charge is -2.25. The summed E-state index contributed by atoms with van der Waals surface area (Å²) >= 11 is 1.73. The van der Waals surface area contributed by atoms with Crippen molar-refractivity contribution >= 4 is 28.3 Å². The van der Waals surface area contributed by atoms with E-state index in [1.807, 2.05) is 31.3 Å². The molecule has 3 heterocycles. The number of thiazole rings is 1. The first-order valence-corrected chi connectivity index (χ1v) is 9.05. The number of nitrogens with one attached hydrogen (secondary N) is 1. The van der Waals surface area contributed by atoms with E-state index >= 15 is 0 Å². The van der Waals surface area contributed by atoms with Gasteiger partial charge >= 0.3 is 0 Å². The lowest BCUT2D eigenvalue weighted by atomic mass is 10.3. The van der Waals surface area contributed by atoms with Crippen molar-refractivity contribution in [3.63, 3.8) is 0 Å². The minimum Gasteiger partial charge on any atom is -0.379 e. The lowest BCUT2D eigenvalue weighted by Crippen LogP contribution is -2.35. The van der Waals surface area contributed by atoms with Gasteiger partial charge in [0, 0.05) is 25.5 Å². The molecule has 0 aliphatic carbocycles. The summed E-state index contributed by atoms with van der Waals surface area (Å²) in [5.74, 6) is 0.874. The van der Waals surface area contributed by atoms with Crippen LogP contribution in [0, 0.1) is 0 Å². The monoisotopic (exact) mass is 343 g/mol. The summed E-state index contributed by atoms with van der Waals surface area (Å²) in [6.45, 7) is 5.31. The molecule has 0 saturated carbocycles. The van der Waals surface area contributed by atoms with E-state index < -0.39 is 0 Å². The quantitative estimate of drug-likeness (QED) is 0.771. The zero-order valence-electron chi connectivity index (χ0n) is 13.7. The lowest BCUT2D eigenvalue weighted by molar-refractivity contribution is 0.0341. The fraction of sp³-hybridized carbons (Fsp3) is 0.412. The van der Waals surface area contributed by atoms with Crippen LogP contribution in [0.1, 0.15) is 10.7 Å². The highest BCUT2D eigenvalue weighted by molar-refractivity contribution is 7.09. The number of H-pyrrole nitrogens is 1. The van der Waals surface area contributed by atoms with Crippen molar-refractivity contribution in [2.75, 3.05) is 38.3 Å². The molecule has 0 amide bonds. The van der Waals surface area contributed by atoms with Crippen LogP contribution >= 0.6 is 11.3 Å². The Kier molecular flexibility index (Phi) is 4.46. The van der Waals surface area contributed by atoms with Gasteiger partial charge in [0.25, 0.3) is 0 Å². The number of aromatic nitrogens is 3. The Hall–Kier alpha value is -1.96. The van der Waals surface area contributed by atoms with Gasteiger partial charge in [0.15, 0.2) is 0 Å². The Balaban J connectivity index is 1.41. The van der Waals surface area contributed by atoms with Gasteiger partial charge in [-0.3, -0.25) is 4.90 Å². The second-order valence-electron chi connectivity index (χ2n) is 6.05. The van der Waals surface area contributed by atoms with Crippen LogP contribution < -0.4 is 4.90 Å². The molecule has 6 nitrogen and oxygen atoms in total. The third-order valence-electron chi connectivity index (χ3n) is 4.20. The molecular weight excluding hydrogens is 322 g/mol.